The first-order valence-electron chi connectivity index (χ1n) is 6.69. The van der Waals surface area contributed by atoms with E-state index in [1.54, 1.807) is 0 Å². The minimum atomic E-state index is -0.788. The molecule has 0 aromatic heterocycles. The summed E-state index contributed by atoms with van der Waals surface area (Å²) < 4.78 is 0. The van der Waals surface area contributed by atoms with Crippen LogP contribution >= 0.6 is 0 Å². The zero-order chi connectivity index (χ0) is 12.6. The summed E-state index contributed by atoms with van der Waals surface area (Å²) in [5.74, 6) is 0. The first-order valence-corrected chi connectivity index (χ1v) is 6.69. The van der Waals surface area contributed by atoms with Gasteiger partial charge >= 0.3 is 0 Å². The molecule has 1 nitrogen and oxygen atoms in total. The summed E-state index contributed by atoms with van der Waals surface area (Å²) in [6.07, 6.45) is 2.95. The standard InChI is InChI=1S/C17H18O/c1-2-3-12-17(18)15-10-6-4-8-13(15)14-9-5-7-11-16(14)17/h4-11,18H,2-3,12H2,1H3. The topological polar surface area (TPSA) is 20.2 Å². The lowest BCUT2D eigenvalue weighted by Gasteiger charge is -2.25. The van der Waals surface area contributed by atoms with Crippen molar-refractivity contribution in [1.29, 1.82) is 0 Å². The molecule has 1 N–H and O–H groups in total. The predicted molar refractivity (Wildman–Crippen MR) is 74.4 cm³/mol. The van der Waals surface area contributed by atoms with Crippen LogP contribution in [0.25, 0.3) is 11.1 Å². The van der Waals surface area contributed by atoms with E-state index in [9.17, 15) is 5.11 Å². The van der Waals surface area contributed by atoms with Crippen LogP contribution < -0.4 is 0 Å². The molecule has 3 rings (SSSR count). The number of hydrogen-bond acceptors (Lipinski definition) is 1. The second-order valence-corrected chi connectivity index (χ2v) is 5.05. The van der Waals surface area contributed by atoms with Gasteiger partial charge in [0.25, 0.3) is 0 Å². The van der Waals surface area contributed by atoms with E-state index in [1.807, 2.05) is 24.3 Å². The molecule has 0 radical (unpaired) electrons. The molecule has 0 aliphatic heterocycles. The Hall–Kier alpha value is -1.60. The molecule has 2 aromatic carbocycles. The highest BCUT2D eigenvalue weighted by Gasteiger charge is 2.40. The largest absolute Gasteiger partial charge is 0.380 e. The monoisotopic (exact) mass is 238 g/mol. The summed E-state index contributed by atoms with van der Waals surface area (Å²) in [5, 5.41) is 11.1. The quantitative estimate of drug-likeness (QED) is 0.853. The molecule has 2 aromatic rings. The number of benzene rings is 2. The Labute approximate surface area is 108 Å². The summed E-state index contributed by atoms with van der Waals surface area (Å²) in [7, 11) is 0. The average molecular weight is 238 g/mol. The summed E-state index contributed by atoms with van der Waals surface area (Å²) >= 11 is 0. The molecule has 18 heavy (non-hydrogen) atoms. The number of hydrogen-bond donors (Lipinski definition) is 1. The van der Waals surface area contributed by atoms with Crippen LogP contribution in [0.15, 0.2) is 48.5 Å². The van der Waals surface area contributed by atoms with Crippen molar-refractivity contribution in [2.24, 2.45) is 0 Å². The van der Waals surface area contributed by atoms with Gasteiger partial charge in [0.2, 0.25) is 0 Å². The second kappa shape index (κ2) is 4.25. The first-order chi connectivity index (χ1) is 8.77. The fraction of sp³-hybridized carbons (Fsp3) is 0.294. The Balaban J connectivity index is 2.20. The summed E-state index contributed by atoms with van der Waals surface area (Å²) in [6.45, 7) is 2.16. The van der Waals surface area contributed by atoms with Crippen molar-refractivity contribution in [3.63, 3.8) is 0 Å². The van der Waals surface area contributed by atoms with E-state index >= 15 is 0 Å². The van der Waals surface area contributed by atoms with Gasteiger partial charge in [0.05, 0.1) is 0 Å². The number of unbranched alkanes of at least 4 members (excludes halogenated alkanes) is 1. The van der Waals surface area contributed by atoms with Crippen molar-refractivity contribution < 1.29 is 5.11 Å². The van der Waals surface area contributed by atoms with Crippen molar-refractivity contribution in [2.45, 2.75) is 31.8 Å². The van der Waals surface area contributed by atoms with Gasteiger partial charge in [-0.25, -0.2) is 0 Å². The Morgan fingerprint density at radius 2 is 1.39 bits per heavy atom. The Morgan fingerprint density at radius 1 is 0.889 bits per heavy atom. The average Bonchev–Trinajstić information content (AvgIpc) is 2.69. The molecule has 0 amide bonds. The SMILES string of the molecule is CCCCC1(O)c2ccccc2-c2ccccc21. The van der Waals surface area contributed by atoms with Crippen LogP contribution in [0.1, 0.15) is 37.3 Å². The highest BCUT2D eigenvalue weighted by Crippen LogP contribution is 2.49. The Kier molecular flexibility index (Phi) is 2.71. The highest BCUT2D eigenvalue weighted by molar-refractivity contribution is 5.79. The molecule has 0 saturated heterocycles. The molecular formula is C17H18O. The third-order valence-corrected chi connectivity index (χ3v) is 3.93. The number of rotatable bonds is 3. The van der Waals surface area contributed by atoms with Crippen LogP contribution in [0.5, 0.6) is 0 Å². The molecule has 1 aliphatic carbocycles. The van der Waals surface area contributed by atoms with Crippen molar-refractivity contribution in [3.8, 4) is 11.1 Å². The van der Waals surface area contributed by atoms with E-state index in [4.69, 9.17) is 0 Å². The van der Waals surface area contributed by atoms with Crippen LogP contribution in [0, 0.1) is 0 Å². The molecular weight excluding hydrogens is 220 g/mol. The van der Waals surface area contributed by atoms with E-state index < -0.39 is 5.60 Å². The van der Waals surface area contributed by atoms with Gasteiger partial charge in [0.1, 0.15) is 5.60 Å². The molecule has 0 atom stereocenters. The molecule has 0 bridgehead atoms. The van der Waals surface area contributed by atoms with Gasteiger partial charge in [-0.3, -0.25) is 0 Å². The van der Waals surface area contributed by atoms with E-state index in [0.29, 0.717) is 0 Å². The van der Waals surface area contributed by atoms with Gasteiger partial charge in [0, 0.05) is 0 Å². The lowest BCUT2D eigenvalue weighted by atomic mass is 9.86. The molecule has 0 unspecified atom stereocenters. The van der Waals surface area contributed by atoms with E-state index in [2.05, 4.69) is 31.2 Å². The minimum Gasteiger partial charge on any atom is -0.380 e. The highest BCUT2D eigenvalue weighted by atomic mass is 16.3. The zero-order valence-corrected chi connectivity index (χ0v) is 10.7. The van der Waals surface area contributed by atoms with E-state index in [1.165, 1.54) is 11.1 Å². The molecule has 0 fully saturated rings. The van der Waals surface area contributed by atoms with Gasteiger partial charge in [-0.15, -0.1) is 0 Å². The third-order valence-electron chi connectivity index (χ3n) is 3.93. The third kappa shape index (κ3) is 1.51. The fourth-order valence-electron chi connectivity index (χ4n) is 3.00. The van der Waals surface area contributed by atoms with Crippen molar-refractivity contribution in [2.75, 3.05) is 0 Å². The van der Waals surface area contributed by atoms with E-state index in [0.717, 1.165) is 30.4 Å². The van der Waals surface area contributed by atoms with Crippen LogP contribution in [0.2, 0.25) is 0 Å². The smallest absolute Gasteiger partial charge is 0.116 e. The molecule has 0 heterocycles. The minimum absolute atomic E-state index is 0.788. The zero-order valence-electron chi connectivity index (χ0n) is 10.7. The summed E-state index contributed by atoms with van der Waals surface area (Å²) in [6, 6.07) is 16.5. The summed E-state index contributed by atoms with van der Waals surface area (Å²) in [5.41, 5.74) is 3.72. The fourth-order valence-corrected chi connectivity index (χ4v) is 3.00. The molecule has 92 valence electrons. The van der Waals surface area contributed by atoms with Crippen LogP contribution in [0.4, 0.5) is 0 Å². The number of fused-ring (bicyclic) bond motifs is 3. The second-order valence-electron chi connectivity index (χ2n) is 5.05. The van der Waals surface area contributed by atoms with Crippen LogP contribution in [-0.2, 0) is 5.60 Å². The van der Waals surface area contributed by atoms with Crippen LogP contribution in [-0.4, -0.2) is 5.11 Å². The molecule has 0 spiro atoms. The van der Waals surface area contributed by atoms with Crippen LogP contribution in [0.3, 0.4) is 0 Å². The lowest BCUT2D eigenvalue weighted by Crippen LogP contribution is -2.24. The normalized spacial score (nSPS) is 15.2. The lowest BCUT2D eigenvalue weighted by molar-refractivity contribution is 0.0732. The van der Waals surface area contributed by atoms with Crippen molar-refractivity contribution >= 4 is 0 Å². The Morgan fingerprint density at radius 3 is 1.89 bits per heavy atom. The van der Waals surface area contributed by atoms with Crippen molar-refractivity contribution in [1.82, 2.24) is 0 Å². The maximum Gasteiger partial charge on any atom is 0.116 e. The van der Waals surface area contributed by atoms with Gasteiger partial charge < -0.3 is 5.11 Å². The van der Waals surface area contributed by atoms with Gasteiger partial charge in [-0.05, 0) is 28.7 Å². The maximum absolute atomic E-state index is 11.1. The maximum atomic E-state index is 11.1. The van der Waals surface area contributed by atoms with Gasteiger partial charge in [-0.2, -0.15) is 0 Å². The van der Waals surface area contributed by atoms with Crippen molar-refractivity contribution in [3.05, 3.63) is 59.7 Å². The predicted octanol–water partition coefficient (Wildman–Crippen LogP) is 4.09. The molecule has 1 heteroatoms. The molecule has 0 saturated carbocycles. The Bertz CT molecular complexity index is 526. The first kappa shape index (κ1) is 11.5. The van der Waals surface area contributed by atoms with Gasteiger partial charge in [0.15, 0.2) is 0 Å². The van der Waals surface area contributed by atoms with E-state index in [-0.39, 0.29) is 0 Å². The number of aliphatic hydroxyl groups is 1. The van der Waals surface area contributed by atoms with Gasteiger partial charge in [-0.1, -0.05) is 68.3 Å². The summed E-state index contributed by atoms with van der Waals surface area (Å²) in [4.78, 5) is 0. The molecule has 1 aliphatic rings.